The summed E-state index contributed by atoms with van der Waals surface area (Å²) >= 11 is 7.25. The van der Waals surface area contributed by atoms with E-state index >= 15 is 0 Å². The van der Waals surface area contributed by atoms with Gasteiger partial charge in [-0.1, -0.05) is 37.9 Å². The van der Waals surface area contributed by atoms with Gasteiger partial charge in [-0.2, -0.15) is 0 Å². The molecule has 16 heavy (non-hydrogen) atoms. The Morgan fingerprint density at radius 3 is 2.56 bits per heavy atom. The third kappa shape index (κ3) is 2.25. The topological polar surface area (TPSA) is 13.1 Å². The van der Waals surface area contributed by atoms with E-state index in [1.807, 2.05) is 6.07 Å². The second-order valence-electron chi connectivity index (χ2n) is 3.88. The summed E-state index contributed by atoms with van der Waals surface area (Å²) in [5.41, 5.74) is 4.93. The molecule has 2 aromatic rings. The molecular weight excluding hydrogens is 332 g/mol. The molecule has 84 valence electrons. The molecule has 0 aliphatic carbocycles. The highest BCUT2D eigenvalue weighted by Crippen LogP contribution is 2.35. The highest BCUT2D eigenvalue weighted by molar-refractivity contribution is 9.10. The SMILES string of the molecule is Cc1cc(C(Br)c2ccoc2)c(C)cc1Br. The molecule has 0 aliphatic rings. The zero-order chi connectivity index (χ0) is 11.7. The maximum absolute atomic E-state index is 5.11. The molecule has 1 aromatic heterocycles. The van der Waals surface area contributed by atoms with Gasteiger partial charge >= 0.3 is 0 Å². The first-order chi connectivity index (χ1) is 7.59. The summed E-state index contributed by atoms with van der Waals surface area (Å²) in [4.78, 5) is 0.193. The Labute approximate surface area is 112 Å². The van der Waals surface area contributed by atoms with Gasteiger partial charge in [0.25, 0.3) is 0 Å². The number of aryl methyl sites for hydroxylation is 2. The molecule has 0 spiro atoms. The highest BCUT2D eigenvalue weighted by Gasteiger charge is 2.14. The Hall–Kier alpha value is -0.540. The number of benzene rings is 1. The Morgan fingerprint density at radius 1 is 1.19 bits per heavy atom. The number of hydrogen-bond donors (Lipinski definition) is 0. The molecule has 0 fully saturated rings. The Kier molecular flexibility index (Phi) is 3.55. The third-order valence-electron chi connectivity index (χ3n) is 2.66. The molecule has 3 heteroatoms. The van der Waals surface area contributed by atoms with E-state index in [2.05, 4.69) is 57.8 Å². The summed E-state index contributed by atoms with van der Waals surface area (Å²) in [6.45, 7) is 4.22. The smallest absolute Gasteiger partial charge is 0.0949 e. The van der Waals surface area contributed by atoms with Crippen LogP contribution in [0, 0.1) is 13.8 Å². The van der Waals surface area contributed by atoms with Crippen molar-refractivity contribution in [2.45, 2.75) is 18.7 Å². The van der Waals surface area contributed by atoms with E-state index in [0.29, 0.717) is 0 Å². The van der Waals surface area contributed by atoms with Crippen molar-refractivity contribution in [3.8, 4) is 0 Å². The first-order valence-electron chi connectivity index (χ1n) is 5.02. The molecule has 0 aliphatic heterocycles. The summed E-state index contributed by atoms with van der Waals surface area (Å²) in [7, 11) is 0. The minimum absolute atomic E-state index is 0.193. The normalized spacial score (nSPS) is 12.8. The van der Waals surface area contributed by atoms with Gasteiger partial charge in [0, 0.05) is 10.0 Å². The summed E-state index contributed by atoms with van der Waals surface area (Å²) < 4.78 is 6.27. The molecule has 2 rings (SSSR count). The number of alkyl halides is 1. The van der Waals surface area contributed by atoms with Crippen LogP contribution in [0.4, 0.5) is 0 Å². The van der Waals surface area contributed by atoms with Crippen LogP contribution in [0.15, 0.2) is 39.6 Å². The number of furan rings is 1. The van der Waals surface area contributed by atoms with Crippen molar-refractivity contribution in [3.63, 3.8) is 0 Å². The maximum Gasteiger partial charge on any atom is 0.0949 e. The van der Waals surface area contributed by atoms with E-state index in [-0.39, 0.29) is 4.83 Å². The average Bonchev–Trinajstić information content (AvgIpc) is 2.75. The molecule has 1 aromatic carbocycles. The van der Waals surface area contributed by atoms with Crippen LogP contribution in [0.1, 0.15) is 27.1 Å². The number of hydrogen-bond acceptors (Lipinski definition) is 1. The van der Waals surface area contributed by atoms with Gasteiger partial charge in [-0.05, 0) is 42.7 Å². The molecule has 0 amide bonds. The van der Waals surface area contributed by atoms with E-state index in [9.17, 15) is 0 Å². The van der Waals surface area contributed by atoms with Gasteiger partial charge in [0.15, 0.2) is 0 Å². The van der Waals surface area contributed by atoms with Gasteiger partial charge in [0.05, 0.1) is 17.4 Å². The van der Waals surface area contributed by atoms with E-state index in [0.717, 1.165) is 10.0 Å². The fourth-order valence-electron chi connectivity index (χ4n) is 1.68. The lowest BCUT2D eigenvalue weighted by atomic mass is 10.00. The number of rotatable bonds is 2. The Bertz CT molecular complexity index is 489. The second-order valence-corrected chi connectivity index (χ2v) is 5.65. The quantitative estimate of drug-likeness (QED) is 0.688. The zero-order valence-electron chi connectivity index (χ0n) is 9.13. The minimum atomic E-state index is 0.193. The van der Waals surface area contributed by atoms with Crippen molar-refractivity contribution in [1.29, 1.82) is 0 Å². The maximum atomic E-state index is 5.11. The van der Waals surface area contributed by atoms with Gasteiger partial charge in [-0.25, -0.2) is 0 Å². The van der Waals surface area contributed by atoms with E-state index < -0.39 is 0 Å². The van der Waals surface area contributed by atoms with Crippen molar-refractivity contribution in [2.24, 2.45) is 0 Å². The predicted octanol–water partition coefficient (Wildman–Crippen LogP) is 5.14. The minimum Gasteiger partial charge on any atom is -0.472 e. The van der Waals surface area contributed by atoms with Crippen LogP contribution in [0.2, 0.25) is 0 Å². The monoisotopic (exact) mass is 342 g/mol. The molecule has 0 saturated carbocycles. The lowest BCUT2D eigenvalue weighted by Crippen LogP contribution is -1.96. The molecule has 1 heterocycles. The largest absolute Gasteiger partial charge is 0.472 e. The molecule has 0 radical (unpaired) electrons. The van der Waals surface area contributed by atoms with Gasteiger partial charge in [0.1, 0.15) is 0 Å². The molecule has 0 bridgehead atoms. The van der Waals surface area contributed by atoms with Crippen molar-refractivity contribution < 1.29 is 4.42 Å². The first-order valence-corrected chi connectivity index (χ1v) is 6.73. The van der Waals surface area contributed by atoms with Crippen molar-refractivity contribution in [3.05, 3.63) is 57.5 Å². The van der Waals surface area contributed by atoms with Gasteiger partial charge < -0.3 is 4.42 Å². The zero-order valence-corrected chi connectivity index (χ0v) is 12.3. The van der Waals surface area contributed by atoms with Crippen LogP contribution in [0.5, 0.6) is 0 Å². The van der Waals surface area contributed by atoms with Crippen LogP contribution in [-0.4, -0.2) is 0 Å². The summed E-state index contributed by atoms with van der Waals surface area (Å²) in [5.74, 6) is 0. The van der Waals surface area contributed by atoms with Gasteiger partial charge in [0.2, 0.25) is 0 Å². The molecule has 1 nitrogen and oxygen atoms in total. The lowest BCUT2D eigenvalue weighted by Gasteiger charge is -2.13. The van der Waals surface area contributed by atoms with Gasteiger partial charge in [-0.3, -0.25) is 0 Å². The molecule has 1 unspecified atom stereocenters. The predicted molar refractivity (Wildman–Crippen MR) is 73.1 cm³/mol. The average molecular weight is 344 g/mol. The number of halogens is 2. The fraction of sp³-hybridized carbons (Fsp3) is 0.231. The highest BCUT2D eigenvalue weighted by atomic mass is 79.9. The van der Waals surface area contributed by atoms with Crippen molar-refractivity contribution in [2.75, 3.05) is 0 Å². The van der Waals surface area contributed by atoms with Crippen LogP contribution < -0.4 is 0 Å². The third-order valence-corrected chi connectivity index (χ3v) is 4.53. The standard InChI is InChI=1S/C13H12Br2O/c1-8-6-12(14)9(2)5-11(8)13(15)10-3-4-16-7-10/h3-7,13H,1-2H3. The van der Waals surface area contributed by atoms with Crippen molar-refractivity contribution in [1.82, 2.24) is 0 Å². The van der Waals surface area contributed by atoms with Crippen LogP contribution in [0.3, 0.4) is 0 Å². The van der Waals surface area contributed by atoms with Crippen LogP contribution in [-0.2, 0) is 0 Å². The van der Waals surface area contributed by atoms with Crippen molar-refractivity contribution >= 4 is 31.9 Å². The molecule has 0 N–H and O–H groups in total. The lowest BCUT2D eigenvalue weighted by molar-refractivity contribution is 0.564. The van der Waals surface area contributed by atoms with Crippen LogP contribution in [0.25, 0.3) is 0 Å². The van der Waals surface area contributed by atoms with E-state index in [1.165, 1.54) is 16.7 Å². The molecule has 0 saturated heterocycles. The second kappa shape index (κ2) is 4.76. The summed E-state index contributed by atoms with van der Waals surface area (Å²) in [6.07, 6.45) is 3.47. The summed E-state index contributed by atoms with van der Waals surface area (Å²) in [5, 5.41) is 0. The Balaban J connectivity index is 2.44. The Morgan fingerprint density at radius 2 is 1.94 bits per heavy atom. The van der Waals surface area contributed by atoms with Crippen LogP contribution >= 0.6 is 31.9 Å². The molecular formula is C13H12Br2O. The molecule has 1 atom stereocenters. The summed E-state index contributed by atoms with van der Waals surface area (Å²) in [6, 6.07) is 6.33. The fourth-order valence-corrected chi connectivity index (χ4v) is 2.89. The first kappa shape index (κ1) is 11.9. The van der Waals surface area contributed by atoms with E-state index in [1.54, 1.807) is 12.5 Å². The van der Waals surface area contributed by atoms with Gasteiger partial charge in [-0.15, -0.1) is 0 Å². The van der Waals surface area contributed by atoms with E-state index in [4.69, 9.17) is 4.42 Å².